The number of aromatic nitrogens is 3. The molecule has 0 amide bonds. The van der Waals surface area contributed by atoms with Crippen LogP contribution in [0.15, 0.2) is 23.0 Å². The van der Waals surface area contributed by atoms with Crippen LogP contribution in [0.5, 0.6) is 0 Å². The van der Waals surface area contributed by atoms with Crippen LogP contribution in [0.1, 0.15) is 37.3 Å². The maximum atomic E-state index is 5.42. The van der Waals surface area contributed by atoms with Gasteiger partial charge in [0.1, 0.15) is 11.4 Å². The molecule has 0 aromatic carbocycles. The van der Waals surface area contributed by atoms with Gasteiger partial charge in [0, 0.05) is 18.5 Å². The fourth-order valence-corrected chi connectivity index (χ4v) is 2.33. The van der Waals surface area contributed by atoms with E-state index in [0.717, 1.165) is 42.2 Å². The molecule has 1 fully saturated rings. The van der Waals surface area contributed by atoms with Gasteiger partial charge in [0.05, 0.1) is 11.7 Å². The van der Waals surface area contributed by atoms with E-state index in [-0.39, 0.29) is 0 Å². The lowest BCUT2D eigenvalue weighted by molar-refractivity contribution is 0.353. The molecule has 1 aliphatic heterocycles. The van der Waals surface area contributed by atoms with Gasteiger partial charge in [0.15, 0.2) is 5.76 Å². The largest absolute Gasteiger partial charge is 0.359 e. The van der Waals surface area contributed by atoms with Crippen LogP contribution < -0.4 is 5.32 Å². The van der Waals surface area contributed by atoms with E-state index in [1.54, 1.807) is 12.4 Å². The molecule has 1 saturated heterocycles. The van der Waals surface area contributed by atoms with E-state index >= 15 is 0 Å². The maximum Gasteiger partial charge on any atom is 0.154 e. The van der Waals surface area contributed by atoms with Crippen LogP contribution in [0, 0.1) is 0 Å². The van der Waals surface area contributed by atoms with E-state index in [2.05, 4.69) is 27.4 Å². The summed E-state index contributed by atoms with van der Waals surface area (Å²) < 4.78 is 5.42. The lowest BCUT2D eigenvalue weighted by Crippen LogP contribution is -2.11. The molecule has 5 nitrogen and oxygen atoms in total. The van der Waals surface area contributed by atoms with Gasteiger partial charge in [-0.2, -0.15) is 0 Å². The second-order valence-corrected chi connectivity index (χ2v) is 4.47. The van der Waals surface area contributed by atoms with Crippen LogP contribution in [-0.2, 0) is 6.42 Å². The Morgan fingerprint density at radius 3 is 3.06 bits per heavy atom. The molecule has 0 bridgehead atoms. The second kappa shape index (κ2) is 4.86. The summed E-state index contributed by atoms with van der Waals surface area (Å²) in [6.07, 6.45) is 6.54. The van der Waals surface area contributed by atoms with E-state index < -0.39 is 0 Å². The predicted octanol–water partition coefficient (Wildman–Crippen LogP) is 2.12. The van der Waals surface area contributed by atoms with E-state index in [9.17, 15) is 0 Å². The van der Waals surface area contributed by atoms with E-state index in [1.807, 2.05) is 6.07 Å². The number of aryl methyl sites for hydroxylation is 1. The van der Waals surface area contributed by atoms with Gasteiger partial charge in [-0.3, -0.25) is 9.97 Å². The first-order valence-corrected chi connectivity index (χ1v) is 6.38. The zero-order chi connectivity index (χ0) is 12.4. The monoisotopic (exact) mass is 244 g/mol. The van der Waals surface area contributed by atoms with Crippen molar-refractivity contribution in [2.24, 2.45) is 0 Å². The first-order valence-electron chi connectivity index (χ1n) is 6.38. The normalized spacial score (nSPS) is 19.3. The highest BCUT2D eigenvalue weighted by Crippen LogP contribution is 2.27. The van der Waals surface area contributed by atoms with Crippen LogP contribution in [0.3, 0.4) is 0 Å². The molecule has 0 spiro atoms. The zero-order valence-corrected chi connectivity index (χ0v) is 10.4. The Hall–Kier alpha value is -1.75. The molecule has 1 N–H and O–H groups in total. The van der Waals surface area contributed by atoms with Crippen molar-refractivity contribution in [2.75, 3.05) is 6.54 Å². The average Bonchev–Trinajstić information content (AvgIpc) is 3.09. The molecule has 1 aliphatic rings. The standard InChI is InChI=1S/C13H16N4O/c1-2-9-13(16-7-6-15-9)11-8-12(18-17-11)10-4-3-5-14-10/h6-8,10,14H,2-5H2,1H3. The van der Waals surface area contributed by atoms with Crippen molar-refractivity contribution in [3.8, 4) is 11.4 Å². The third-order valence-corrected chi connectivity index (χ3v) is 3.28. The SMILES string of the molecule is CCc1nccnc1-c1cc(C2CCCN2)on1. The number of nitrogens with zero attached hydrogens (tertiary/aromatic N) is 3. The minimum Gasteiger partial charge on any atom is -0.359 e. The van der Waals surface area contributed by atoms with Crippen LogP contribution in [0.2, 0.25) is 0 Å². The first-order chi connectivity index (χ1) is 8.88. The van der Waals surface area contributed by atoms with Gasteiger partial charge in [-0.15, -0.1) is 0 Å². The van der Waals surface area contributed by atoms with Crippen molar-refractivity contribution in [2.45, 2.75) is 32.2 Å². The van der Waals surface area contributed by atoms with Crippen molar-refractivity contribution in [3.63, 3.8) is 0 Å². The topological polar surface area (TPSA) is 63.8 Å². The number of hydrogen-bond donors (Lipinski definition) is 1. The van der Waals surface area contributed by atoms with Crippen LogP contribution >= 0.6 is 0 Å². The third kappa shape index (κ3) is 2.01. The number of nitrogens with one attached hydrogen (secondary N) is 1. The lowest BCUT2D eigenvalue weighted by Gasteiger charge is -2.03. The Balaban J connectivity index is 1.92. The van der Waals surface area contributed by atoms with Crippen molar-refractivity contribution in [3.05, 3.63) is 29.9 Å². The summed E-state index contributed by atoms with van der Waals surface area (Å²) in [6, 6.07) is 2.28. The van der Waals surface area contributed by atoms with Crippen molar-refractivity contribution in [1.82, 2.24) is 20.4 Å². The van der Waals surface area contributed by atoms with Crippen molar-refractivity contribution in [1.29, 1.82) is 0 Å². The summed E-state index contributed by atoms with van der Waals surface area (Å²) in [5.74, 6) is 0.898. The molecule has 3 rings (SSSR count). The Kier molecular flexibility index (Phi) is 3.06. The Bertz CT molecular complexity index is 531. The molecule has 5 heteroatoms. The van der Waals surface area contributed by atoms with Crippen LogP contribution in [0.25, 0.3) is 11.4 Å². The second-order valence-electron chi connectivity index (χ2n) is 4.47. The van der Waals surface area contributed by atoms with Gasteiger partial charge >= 0.3 is 0 Å². The van der Waals surface area contributed by atoms with Gasteiger partial charge in [-0.1, -0.05) is 12.1 Å². The fourth-order valence-electron chi connectivity index (χ4n) is 2.33. The average molecular weight is 244 g/mol. The fraction of sp³-hybridized carbons (Fsp3) is 0.462. The summed E-state index contributed by atoms with van der Waals surface area (Å²) in [5.41, 5.74) is 2.56. The lowest BCUT2D eigenvalue weighted by atomic mass is 10.1. The zero-order valence-electron chi connectivity index (χ0n) is 10.4. The third-order valence-electron chi connectivity index (χ3n) is 3.28. The predicted molar refractivity (Wildman–Crippen MR) is 66.9 cm³/mol. The van der Waals surface area contributed by atoms with Gasteiger partial charge in [0.2, 0.25) is 0 Å². The molecule has 0 saturated carbocycles. The summed E-state index contributed by atoms with van der Waals surface area (Å²) >= 11 is 0. The molecule has 3 heterocycles. The minimum absolute atomic E-state index is 0.299. The molecule has 0 radical (unpaired) electrons. The smallest absolute Gasteiger partial charge is 0.154 e. The van der Waals surface area contributed by atoms with Crippen LogP contribution in [0.4, 0.5) is 0 Å². The van der Waals surface area contributed by atoms with Crippen molar-refractivity contribution < 1.29 is 4.52 Å². The number of hydrogen-bond acceptors (Lipinski definition) is 5. The minimum atomic E-state index is 0.299. The maximum absolute atomic E-state index is 5.42. The first kappa shape index (κ1) is 11.3. The molecule has 2 aromatic rings. The van der Waals surface area contributed by atoms with Gasteiger partial charge in [0.25, 0.3) is 0 Å². The molecular weight excluding hydrogens is 228 g/mol. The molecular formula is C13H16N4O. The van der Waals surface area contributed by atoms with Gasteiger partial charge in [-0.05, 0) is 25.8 Å². The van der Waals surface area contributed by atoms with Gasteiger partial charge in [-0.25, -0.2) is 0 Å². The highest BCUT2D eigenvalue weighted by Gasteiger charge is 2.22. The molecule has 0 aliphatic carbocycles. The molecule has 18 heavy (non-hydrogen) atoms. The highest BCUT2D eigenvalue weighted by atomic mass is 16.5. The van der Waals surface area contributed by atoms with E-state index in [1.165, 1.54) is 6.42 Å². The Morgan fingerprint density at radius 1 is 1.39 bits per heavy atom. The van der Waals surface area contributed by atoms with Crippen molar-refractivity contribution >= 4 is 0 Å². The summed E-state index contributed by atoms with van der Waals surface area (Å²) in [7, 11) is 0. The Labute approximate surface area is 106 Å². The van der Waals surface area contributed by atoms with E-state index in [0.29, 0.717) is 6.04 Å². The van der Waals surface area contributed by atoms with Crippen LogP contribution in [-0.4, -0.2) is 21.7 Å². The van der Waals surface area contributed by atoms with E-state index in [4.69, 9.17) is 4.52 Å². The summed E-state index contributed by atoms with van der Waals surface area (Å²) in [6.45, 7) is 3.11. The summed E-state index contributed by atoms with van der Waals surface area (Å²) in [5, 5.41) is 7.52. The quantitative estimate of drug-likeness (QED) is 0.896. The number of rotatable bonds is 3. The summed E-state index contributed by atoms with van der Waals surface area (Å²) in [4.78, 5) is 8.67. The molecule has 94 valence electrons. The van der Waals surface area contributed by atoms with Gasteiger partial charge < -0.3 is 9.84 Å². The Morgan fingerprint density at radius 2 is 2.28 bits per heavy atom. The molecule has 1 unspecified atom stereocenters. The highest BCUT2D eigenvalue weighted by molar-refractivity contribution is 5.56. The molecule has 1 atom stereocenters. The molecule has 2 aromatic heterocycles.